The average Bonchev–Trinajstić information content (AvgIpc) is 2.92. The standard InChI is InChI=1S/C16H18ClN3O/c1-12(2)20-16(18-11-19-20)10-21-15-7-6-13(3)9-14(15)5-4-8-17/h6-7,9,11-12H,8,10H2,1-3H3. The van der Waals surface area contributed by atoms with Crippen LogP contribution in [-0.2, 0) is 6.61 Å². The number of hydrogen-bond acceptors (Lipinski definition) is 3. The number of aryl methyl sites for hydroxylation is 1. The lowest BCUT2D eigenvalue weighted by molar-refractivity contribution is 0.281. The summed E-state index contributed by atoms with van der Waals surface area (Å²) in [6, 6.07) is 6.15. The maximum atomic E-state index is 5.86. The minimum Gasteiger partial charge on any atom is -0.484 e. The molecule has 0 radical (unpaired) electrons. The molecule has 1 heterocycles. The number of halogens is 1. The Hall–Kier alpha value is -1.99. The summed E-state index contributed by atoms with van der Waals surface area (Å²) in [6.07, 6.45) is 1.54. The fourth-order valence-electron chi connectivity index (χ4n) is 1.95. The number of hydrogen-bond donors (Lipinski definition) is 0. The molecule has 0 atom stereocenters. The van der Waals surface area contributed by atoms with Gasteiger partial charge < -0.3 is 4.74 Å². The van der Waals surface area contributed by atoms with E-state index in [1.54, 1.807) is 6.33 Å². The molecule has 5 heteroatoms. The third-order valence-electron chi connectivity index (χ3n) is 2.92. The fraction of sp³-hybridized carbons (Fsp3) is 0.375. The monoisotopic (exact) mass is 303 g/mol. The Kier molecular flexibility index (Phi) is 5.24. The molecule has 0 saturated carbocycles. The van der Waals surface area contributed by atoms with E-state index in [0.717, 1.165) is 22.7 Å². The van der Waals surface area contributed by atoms with Crippen LogP contribution in [0.4, 0.5) is 0 Å². The van der Waals surface area contributed by atoms with Gasteiger partial charge in [-0.05, 0) is 38.5 Å². The van der Waals surface area contributed by atoms with Crippen molar-refractivity contribution in [2.45, 2.75) is 33.4 Å². The van der Waals surface area contributed by atoms with Crippen molar-refractivity contribution in [1.29, 1.82) is 0 Å². The molecule has 4 nitrogen and oxygen atoms in total. The van der Waals surface area contributed by atoms with E-state index in [1.807, 2.05) is 29.8 Å². The summed E-state index contributed by atoms with van der Waals surface area (Å²) in [6.45, 7) is 6.49. The van der Waals surface area contributed by atoms with Crippen LogP contribution in [0.15, 0.2) is 24.5 Å². The molecular weight excluding hydrogens is 286 g/mol. The number of rotatable bonds is 4. The average molecular weight is 304 g/mol. The molecule has 2 aromatic rings. The first-order valence-electron chi connectivity index (χ1n) is 6.78. The number of alkyl halides is 1. The smallest absolute Gasteiger partial charge is 0.165 e. The SMILES string of the molecule is Cc1ccc(OCc2ncnn2C(C)C)c(C#CCCl)c1. The maximum absolute atomic E-state index is 5.86. The van der Waals surface area contributed by atoms with Gasteiger partial charge in [0.25, 0.3) is 0 Å². The van der Waals surface area contributed by atoms with Gasteiger partial charge in [-0.15, -0.1) is 11.6 Å². The third kappa shape index (κ3) is 3.99. The number of ether oxygens (including phenoxy) is 1. The van der Waals surface area contributed by atoms with Gasteiger partial charge in [0.15, 0.2) is 5.82 Å². The van der Waals surface area contributed by atoms with E-state index in [4.69, 9.17) is 16.3 Å². The van der Waals surface area contributed by atoms with Crippen molar-refractivity contribution >= 4 is 11.6 Å². The van der Waals surface area contributed by atoms with Crippen LogP contribution in [-0.4, -0.2) is 20.6 Å². The number of aromatic nitrogens is 3. The molecule has 0 amide bonds. The van der Waals surface area contributed by atoms with Crippen LogP contribution in [0.5, 0.6) is 5.75 Å². The van der Waals surface area contributed by atoms with Crippen LogP contribution in [0.2, 0.25) is 0 Å². The molecule has 0 spiro atoms. The lowest BCUT2D eigenvalue weighted by Crippen LogP contribution is -2.11. The van der Waals surface area contributed by atoms with Gasteiger partial charge in [-0.2, -0.15) is 5.10 Å². The first kappa shape index (κ1) is 15.4. The Morgan fingerprint density at radius 2 is 2.19 bits per heavy atom. The first-order valence-corrected chi connectivity index (χ1v) is 7.32. The largest absolute Gasteiger partial charge is 0.484 e. The summed E-state index contributed by atoms with van der Waals surface area (Å²) in [7, 11) is 0. The Morgan fingerprint density at radius 1 is 1.38 bits per heavy atom. The molecule has 0 bridgehead atoms. The molecule has 0 unspecified atom stereocenters. The summed E-state index contributed by atoms with van der Waals surface area (Å²) in [5.41, 5.74) is 1.97. The van der Waals surface area contributed by atoms with E-state index < -0.39 is 0 Å². The highest BCUT2D eigenvalue weighted by Crippen LogP contribution is 2.20. The van der Waals surface area contributed by atoms with Gasteiger partial charge in [-0.1, -0.05) is 17.9 Å². The van der Waals surface area contributed by atoms with Crippen LogP contribution < -0.4 is 4.74 Å². The third-order valence-corrected chi connectivity index (χ3v) is 3.05. The molecule has 0 aliphatic carbocycles. The van der Waals surface area contributed by atoms with E-state index in [-0.39, 0.29) is 6.04 Å². The van der Waals surface area contributed by atoms with Gasteiger partial charge in [0.05, 0.1) is 11.4 Å². The minimum absolute atomic E-state index is 0.250. The van der Waals surface area contributed by atoms with E-state index in [1.165, 1.54) is 0 Å². The highest BCUT2D eigenvalue weighted by molar-refractivity contribution is 6.19. The highest BCUT2D eigenvalue weighted by Gasteiger charge is 2.09. The summed E-state index contributed by atoms with van der Waals surface area (Å²) in [4.78, 5) is 4.23. The van der Waals surface area contributed by atoms with Crippen molar-refractivity contribution in [3.8, 4) is 17.6 Å². The second kappa shape index (κ2) is 7.14. The molecule has 0 fully saturated rings. The summed E-state index contributed by atoms with van der Waals surface area (Å²) < 4.78 is 7.70. The zero-order valence-electron chi connectivity index (χ0n) is 12.4. The molecule has 2 rings (SSSR count). The van der Waals surface area contributed by atoms with Crippen LogP contribution in [0.3, 0.4) is 0 Å². The molecule has 0 N–H and O–H groups in total. The topological polar surface area (TPSA) is 39.9 Å². The molecule has 1 aromatic carbocycles. The van der Waals surface area contributed by atoms with Gasteiger partial charge in [-0.25, -0.2) is 9.67 Å². The summed E-state index contributed by atoms with van der Waals surface area (Å²) in [5.74, 6) is 7.71. The van der Waals surface area contributed by atoms with E-state index in [2.05, 4.69) is 35.8 Å². The van der Waals surface area contributed by atoms with E-state index in [0.29, 0.717) is 12.5 Å². The van der Waals surface area contributed by atoms with Crippen LogP contribution in [0.1, 0.15) is 36.8 Å². The van der Waals surface area contributed by atoms with Crippen LogP contribution in [0.25, 0.3) is 0 Å². The lowest BCUT2D eigenvalue weighted by atomic mass is 10.1. The molecule has 110 valence electrons. The van der Waals surface area contributed by atoms with Gasteiger partial charge in [0.2, 0.25) is 0 Å². The van der Waals surface area contributed by atoms with Gasteiger partial charge in [0.1, 0.15) is 18.7 Å². The van der Waals surface area contributed by atoms with Crippen molar-refractivity contribution in [3.05, 3.63) is 41.5 Å². The maximum Gasteiger partial charge on any atom is 0.165 e. The van der Waals surface area contributed by atoms with Gasteiger partial charge in [-0.3, -0.25) is 0 Å². The fourth-order valence-corrected chi connectivity index (χ4v) is 2.01. The number of nitrogens with zero attached hydrogens (tertiary/aromatic N) is 3. The highest BCUT2D eigenvalue weighted by atomic mass is 35.5. The first-order chi connectivity index (χ1) is 10.1. The van der Waals surface area contributed by atoms with Crippen molar-refractivity contribution in [3.63, 3.8) is 0 Å². The van der Waals surface area contributed by atoms with Crippen molar-refractivity contribution < 1.29 is 4.74 Å². The molecule has 0 aliphatic rings. The van der Waals surface area contributed by atoms with Gasteiger partial charge >= 0.3 is 0 Å². The van der Waals surface area contributed by atoms with E-state index >= 15 is 0 Å². The Morgan fingerprint density at radius 3 is 2.90 bits per heavy atom. The van der Waals surface area contributed by atoms with E-state index in [9.17, 15) is 0 Å². The van der Waals surface area contributed by atoms with Crippen molar-refractivity contribution in [1.82, 2.24) is 14.8 Å². The zero-order chi connectivity index (χ0) is 15.2. The molecule has 0 saturated heterocycles. The summed E-state index contributed by atoms with van der Waals surface area (Å²) in [5, 5.41) is 4.19. The van der Waals surface area contributed by atoms with Crippen LogP contribution >= 0.6 is 11.6 Å². The van der Waals surface area contributed by atoms with Crippen molar-refractivity contribution in [2.75, 3.05) is 5.88 Å². The number of benzene rings is 1. The van der Waals surface area contributed by atoms with Crippen LogP contribution in [0, 0.1) is 18.8 Å². The predicted octanol–water partition coefficient (Wildman–Crippen LogP) is 3.34. The van der Waals surface area contributed by atoms with Crippen molar-refractivity contribution in [2.24, 2.45) is 0 Å². The Balaban J connectivity index is 2.18. The molecule has 1 aromatic heterocycles. The second-order valence-corrected chi connectivity index (χ2v) is 5.21. The second-order valence-electron chi connectivity index (χ2n) is 4.94. The van der Waals surface area contributed by atoms with Gasteiger partial charge in [0, 0.05) is 6.04 Å². The normalized spacial score (nSPS) is 10.3. The lowest BCUT2D eigenvalue weighted by Gasteiger charge is -2.11. The summed E-state index contributed by atoms with van der Waals surface area (Å²) >= 11 is 5.62. The quantitative estimate of drug-likeness (QED) is 0.642. The zero-order valence-corrected chi connectivity index (χ0v) is 13.2. The molecular formula is C16H18ClN3O. The minimum atomic E-state index is 0.250. The Bertz CT molecular complexity index is 668. The Labute approximate surface area is 130 Å². The molecule has 21 heavy (non-hydrogen) atoms. The predicted molar refractivity (Wildman–Crippen MR) is 83.5 cm³/mol. The molecule has 0 aliphatic heterocycles.